The smallest absolute Gasteiger partial charge is 0.319 e. The molecule has 5 heteroatoms. The summed E-state index contributed by atoms with van der Waals surface area (Å²) in [4.78, 5) is 15.3. The van der Waals surface area contributed by atoms with Crippen LogP contribution in [0.3, 0.4) is 0 Å². The Balaban J connectivity index is 2.15. The van der Waals surface area contributed by atoms with E-state index in [-0.39, 0.29) is 6.03 Å². The molecule has 0 aromatic rings. The number of urea groups is 1. The Morgan fingerprint density at radius 1 is 1.35 bits per heavy atom. The minimum absolute atomic E-state index is 0.131. The number of likely N-dealkylation sites (tertiary alicyclic amines) is 1. The van der Waals surface area contributed by atoms with Crippen LogP contribution in [0.5, 0.6) is 0 Å². The van der Waals surface area contributed by atoms with E-state index in [4.69, 9.17) is 5.73 Å². The molecule has 1 aliphatic heterocycles. The summed E-state index contributed by atoms with van der Waals surface area (Å²) in [6, 6.07) is 0.700. The van der Waals surface area contributed by atoms with Crippen molar-refractivity contribution in [2.24, 2.45) is 5.73 Å². The molecule has 0 aromatic carbocycles. The highest BCUT2D eigenvalue weighted by Crippen LogP contribution is 2.11. The van der Waals surface area contributed by atoms with Gasteiger partial charge in [0, 0.05) is 33.2 Å². The van der Waals surface area contributed by atoms with E-state index in [1.165, 1.54) is 0 Å². The van der Waals surface area contributed by atoms with Gasteiger partial charge in [0.1, 0.15) is 0 Å². The van der Waals surface area contributed by atoms with Crippen molar-refractivity contribution in [1.29, 1.82) is 0 Å². The fourth-order valence-corrected chi connectivity index (χ4v) is 2.13. The van der Waals surface area contributed by atoms with Crippen LogP contribution in [0.25, 0.3) is 0 Å². The molecule has 100 valence electrons. The lowest BCUT2D eigenvalue weighted by molar-refractivity contribution is 0.152. The fraction of sp³-hybridized carbons (Fsp3) is 0.917. The summed E-state index contributed by atoms with van der Waals surface area (Å²) >= 11 is 0. The largest absolute Gasteiger partial charge is 0.331 e. The normalized spacial score (nSPS) is 17.2. The van der Waals surface area contributed by atoms with Crippen molar-refractivity contribution >= 4 is 6.03 Å². The molecule has 5 nitrogen and oxygen atoms in total. The zero-order chi connectivity index (χ0) is 12.7. The summed E-state index contributed by atoms with van der Waals surface area (Å²) in [5, 5.41) is 3.54. The maximum absolute atomic E-state index is 11.7. The van der Waals surface area contributed by atoms with E-state index < -0.39 is 0 Å². The zero-order valence-corrected chi connectivity index (χ0v) is 11.1. The van der Waals surface area contributed by atoms with E-state index in [1.54, 1.807) is 19.0 Å². The maximum atomic E-state index is 11.7. The standard InChI is InChI=1S/C12H26N4O/c1-15(2)12(17)16-9-5-11(6-10-16)14-8-4-3-7-13/h11,14H,3-10,13H2,1-2H3. The number of carbonyl (C=O) groups excluding carboxylic acids is 1. The van der Waals surface area contributed by atoms with Crippen LogP contribution >= 0.6 is 0 Å². The van der Waals surface area contributed by atoms with Gasteiger partial charge in [-0.25, -0.2) is 4.79 Å². The molecule has 1 fully saturated rings. The van der Waals surface area contributed by atoms with Crippen molar-refractivity contribution in [3.05, 3.63) is 0 Å². The summed E-state index contributed by atoms with van der Waals surface area (Å²) in [6.07, 6.45) is 4.35. The third-order valence-electron chi connectivity index (χ3n) is 3.21. The van der Waals surface area contributed by atoms with Crippen LogP contribution in [0.15, 0.2) is 0 Å². The summed E-state index contributed by atoms with van der Waals surface area (Å²) in [5.41, 5.74) is 5.45. The number of carbonyl (C=O) groups is 1. The van der Waals surface area contributed by atoms with E-state index >= 15 is 0 Å². The van der Waals surface area contributed by atoms with Crippen molar-refractivity contribution in [2.45, 2.75) is 31.7 Å². The van der Waals surface area contributed by atoms with Gasteiger partial charge in [0.2, 0.25) is 0 Å². The lowest BCUT2D eigenvalue weighted by Gasteiger charge is -2.34. The second-order valence-corrected chi connectivity index (χ2v) is 4.89. The van der Waals surface area contributed by atoms with Gasteiger partial charge in [-0.1, -0.05) is 0 Å². The van der Waals surface area contributed by atoms with Crippen LogP contribution in [0.1, 0.15) is 25.7 Å². The molecular weight excluding hydrogens is 216 g/mol. The first-order valence-electron chi connectivity index (χ1n) is 6.55. The van der Waals surface area contributed by atoms with Gasteiger partial charge in [0.25, 0.3) is 0 Å². The van der Waals surface area contributed by atoms with Crippen LogP contribution < -0.4 is 11.1 Å². The lowest BCUT2D eigenvalue weighted by atomic mass is 10.1. The summed E-state index contributed by atoms with van der Waals surface area (Å²) in [5.74, 6) is 0. The molecule has 0 spiro atoms. The van der Waals surface area contributed by atoms with Crippen LogP contribution in [0, 0.1) is 0 Å². The molecule has 0 bridgehead atoms. The number of nitrogens with zero attached hydrogens (tertiary/aromatic N) is 2. The molecule has 0 radical (unpaired) electrons. The van der Waals surface area contributed by atoms with E-state index in [9.17, 15) is 4.79 Å². The van der Waals surface area contributed by atoms with E-state index in [0.717, 1.165) is 51.9 Å². The summed E-state index contributed by atoms with van der Waals surface area (Å²) < 4.78 is 0. The molecule has 0 saturated carbocycles. The zero-order valence-electron chi connectivity index (χ0n) is 11.1. The molecule has 17 heavy (non-hydrogen) atoms. The van der Waals surface area contributed by atoms with Crippen LogP contribution in [-0.2, 0) is 0 Å². The first-order valence-corrected chi connectivity index (χ1v) is 6.55. The number of hydrogen-bond donors (Lipinski definition) is 2. The van der Waals surface area contributed by atoms with Gasteiger partial charge >= 0.3 is 6.03 Å². The Morgan fingerprint density at radius 2 is 2.00 bits per heavy atom. The van der Waals surface area contributed by atoms with Gasteiger partial charge in [0.15, 0.2) is 0 Å². The number of hydrogen-bond acceptors (Lipinski definition) is 3. The third-order valence-corrected chi connectivity index (χ3v) is 3.21. The van der Waals surface area contributed by atoms with Crippen molar-refractivity contribution in [1.82, 2.24) is 15.1 Å². The quantitative estimate of drug-likeness (QED) is 0.689. The third kappa shape index (κ3) is 4.91. The fourth-order valence-electron chi connectivity index (χ4n) is 2.13. The van der Waals surface area contributed by atoms with Gasteiger partial charge in [0.05, 0.1) is 0 Å². The first-order chi connectivity index (χ1) is 8.15. The molecule has 1 rings (SSSR count). The number of rotatable bonds is 5. The number of unbranched alkanes of at least 4 members (excludes halogenated alkanes) is 1. The van der Waals surface area contributed by atoms with Crippen molar-refractivity contribution in [3.8, 4) is 0 Å². The molecule has 3 N–H and O–H groups in total. The van der Waals surface area contributed by atoms with Gasteiger partial charge in [-0.05, 0) is 38.8 Å². The van der Waals surface area contributed by atoms with Crippen molar-refractivity contribution in [2.75, 3.05) is 40.3 Å². The molecule has 0 aliphatic carbocycles. The van der Waals surface area contributed by atoms with Gasteiger partial charge in [-0.15, -0.1) is 0 Å². The Kier molecular flexibility index (Phi) is 6.29. The minimum atomic E-state index is 0.131. The van der Waals surface area contributed by atoms with Crippen molar-refractivity contribution in [3.63, 3.8) is 0 Å². The highest BCUT2D eigenvalue weighted by atomic mass is 16.2. The average Bonchev–Trinajstić information content (AvgIpc) is 2.34. The lowest BCUT2D eigenvalue weighted by Crippen LogP contribution is -2.48. The average molecular weight is 242 g/mol. The molecule has 0 unspecified atom stereocenters. The Labute approximate surface area is 104 Å². The highest BCUT2D eigenvalue weighted by Gasteiger charge is 2.22. The second-order valence-electron chi connectivity index (χ2n) is 4.89. The summed E-state index contributed by atoms with van der Waals surface area (Å²) in [6.45, 7) is 3.55. The van der Waals surface area contributed by atoms with E-state index in [0.29, 0.717) is 6.04 Å². The first kappa shape index (κ1) is 14.3. The van der Waals surface area contributed by atoms with Gasteiger partial charge < -0.3 is 20.9 Å². The second kappa shape index (κ2) is 7.50. The number of nitrogens with one attached hydrogen (secondary N) is 1. The molecular formula is C12H26N4O. The predicted octanol–water partition coefficient (Wildman–Crippen LogP) is 0.461. The molecule has 0 atom stereocenters. The molecule has 0 aromatic heterocycles. The van der Waals surface area contributed by atoms with Crippen LogP contribution in [-0.4, -0.2) is 62.1 Å². The Morgan fingerprint density at radius 3 is 2.53 bits per heavy atom. The number of nitrogens with two attached hydrogens (primary N) is 1. The van der Waals surface area contributed by atoms with E-state index in [2.05, 4.69) is 5.32 Å². The Bertz CT molecular complexity index is 225. The molecule has 1 aliphatic rings. The monoisotopic (exact) mass is 242 g/mol. The Hall–Kier alpha value is -0.810. The topological polar surface area (TPSA) is 61.6 Å². The van der Waals surface area contributed by atoms with Crippen LogP contribution in [0.2, 0.25) is 0 Å². The van der Waals surface area contributed by atoms with Gasteiger partial charge in [-0.2, -0.15) is 0 Å². The highest BCUT2D eigenvalue weighted by molar-refractivity contribution is 5.73. The number of amides is 2. The van der Waals surface area contributed by atoms with Gasteiger partial charge in [-0.3, -0.25) is 0 Å². The number of piperidine rings is 1. The summed E-state index contributed by atoms with van der Waals surface area (Å²) in [7, 11) is 3.61. The predicted molar refractivity (Wildman–Crippen MR) is 70.0 cm³/mol. The van der Waals surface area contributed by atoms with Crippen molar-refractivity contribution < 1.29 is 4.79 Å². The van der Waals surface area contributed by atoms with Crippen LogP contribution in [0.4, 0.5) is 4.79 Å². The maximum Gasteiger partial charge on any atom is 0.319 e. The molecule has 2 amide bonds. The van der Waals surface area contributed by atoms with E-state index in [1.807, 2.05) is 4.90 Å². The molecule has 1 saturated heterocycles. The SMILES string of the molecule is CN(C)C(=O)N1CCC(NCCCCN)CC1. The minimum Gasteiger partial charge on any atom is -0.331 e. The molecule has 1 heterocycles.